The summed E-state index contributed by atoms with van der Waals surface area (Å²) in [5, 5.41) is 3.95. The van der Waals surface area contributed by atoms with Crippen LogP contribution >= 0.6 is 23.2 Å². The van der Waals surface area contributed by atoms with E-state index in [1.165, 1.54) is 30.2 Å². The van der Waals surface area contributed by atoms with Crippen LogP contribution in [-0.4, -0.2) is 50.9 Å². The molecule has 48 heavy (non-hydrogen) atoms. The largest absolute Gasteiger partial charge is 0.495 e. The predicted molar refractivity (Wildman–Crippen MR) is 190 cm³/mol. The minimum Gasteiger partial charge on any atom is -0.495 e. The molecule has 4 aromatic carbocycles. The van der Waals surface area contributed by atoms with Gasteiger partial charge in [-0.25, -0.2) is 8.42 Å². The number of amides is 2. The number of methoxy groups -OCH3 is 1. The third kappa shape index (κ3) is 8.89. The molecule has 1 fully saturated rings. The van der Waals surface area contributed by atoms with Crippen LogP contribution in [0.3, 0.4) is 0 Å². The maximum Gasteiger partial charge on any atom is 0.264 e. The van der Waals surface area contributed by atoms with Crippen molar-refractivity contribution < 1.29 is 22.7 Å². The van der Waals surface area contributed by atoms with Crippen molar-refractivity contribution in [2.45, 2.75) is 62.0 Å². The molecule has 1 saturated carbocycles. The summed E-state index contributed by atoms with van der Waals surface area (Å²) in [5.41, 5.74) is 1.64. The highest BCUT2D eigenvalue weighted by atomic mass is 35.5. The first kappa shape index (κ1) is 35.3. The van der Waals surface area contributed by atoms with E-state index in [0.29, 0.717) is 10.6 Å². The van der Waals surface area contributed by atoms with Crippen molar-refractivity contribution >= 4 is 50.7 Å². The van der Waals surface area contributed by atoms with Gasteiger partial charge in [0.05, 0.1) is 17.7 Å². The van der Waals surface area contributed by atoms with E-state index in [4.69, 9.17) is 27.9 Å². The zero-order valence-electron chi connectivity index (χ0n) is 26.7. The third-order valence-electron chi connectivity index (χ3n) is 8.48. The fourth-order valence-electron chi connectivity index (χ4n) is 6.02. The summed E-state index contributed by atoms with van der Waals surface area (Å²) in [6, 6.07) is 28.0. The molecule has 1 atom stereocenters. The van der Waals surface area contributed by atoms with Gasteiger partial charge in [0.25, 0.3) is 10.0 Å². The average molecular weight is 709 g/mol. The highest BCUT2D eigenvalue weighted by Gasteiger charge is 2.36. The van der Waals surface area contributed by atoms with Gasteiger partial charge in [0.1, 0.15) is 18.3 Å². The molecule has 0 spiro atoms. The number of anilines is 1. The first-order valence-electron chi connectivity index (χ1n) is 16.0. The molecule has 0 radical (unpaired) electrons. The van der Waals surface area contributed by atoms with Crippen LogP contribution in [-0.2, 0) is 32.6 Å². The topological polar surface area (TPSA) is 96.0 Å². The monoisotopic (exact) mass is 707 g/mol. The number of carbonyl (C=O) groups is 2. The summed E-state index contributed by atoms with van der Waals surface area (Å²) < 4.78 is 35.1. The molecular formula is C37H39Cl2N3O5S. The van der Waals surface area contributed by atoms with Crippen LogP contribution in [0, 0.1) is 0 Å². The molecule has 1 N–H and O–H groups in total. The molecule has 0 saturated heterocycles. The Balaban J connectivity index is 1.60. The van der Waals surface area contributed by atoms with Gasteiger partial charge in [-0.3, -0.25) is 13.9 Å². The molecule has 11 heteroatoms. The molecule has 1 aliphatic rings. The second-order valence-electron chi connectivity index (χ2n) is 11.8. The number of rotatable bonds is 13. The van der Waals surface area contributed by atoms with E-state index in [1.54, 1.807) is 48.5 Å². The number of halogens is 2. The number of hydrogen-bond donors (Lipinski definition) is 1. The third-order valence-corrected chi connectivity index (χ3v) is 10.7. The lowest BCUT2D eigenvalue weighted by atomic mass is 9.94. The van der Waals surface area contributed by atoms with Crippen LogP contribution < -0.4 is 14.4 Å². The Bertz CT molecular complexity index is 1800. The maximum absolute atomic E-state index is 14.7. The number of ether oxygens (including phenoxy) is 1. The fourth-order valence-corrected chi connectivity index (χ4v) is 7.84. The van der Waals surface area contributed by atoms with E-state index < -0.39 is 28.5 Å². The molecule has 8 nitrogen and oxygen atoms in total. The first-order valence-corrected chi connectivity index (χ1v) is 18.1. The van der Waals surface area contributed by atoms with Crippen LogP contribution in [0.25, 0.3) is 0 Å². The molecule has 5 rings (SSSR count). The number of nitrogens with one attached hydrogen (secondary N) is 1. The van der Waals surface area contributed by atoms with Gasteiger partial charge < -0.3 is 15.0 Å². The molecule has 2 amide bonds. The van der Waals surface area contributed by atoms with Crippen LogP contribution in [0.15, 0.2) is 108 Å². The second kappa shape index (κ2) is 16.4. The Labute approximate surface area is 292 Å². The van der Waals surface area contributed by atoms with Crippen molar-refractivity contribution in [3.8, 4) is 5.75 Å². The molecule has 1 unspecified atom stereocenters. The number of hydrogen-bond acceptors (Lipinski definition) is 5. The van der Waals surface area contributed by atoms with E-state index in [1.807, 2.05) is 36.4 Å². The highest BCUT2D eigenvalue weighted by molar-refractivity contribution is 7.92. The summed E-state index contributed by atoms with van der Waals surface area (Å²) in [7, 11) is -2.90. The van der Waals surface area contributed by atoms with Gasteiger partial charge in [-0.2, -0.15) is 0 Å². The van der Waals surface area contributed by atoms with Crippen molar-refractivity contribution in [1.29, 1.82) is 0 Å². The molecule has 1 aliphatic carbocycles. The SMILES string of the molecule is COc1ccc(Cl)cc1N(CC(=O)N(Cc1cccc(Cl)c1)C(Cc1ccccc1)C(=O)NC1CCCCC1)S(=O)(=O)c1ccccc1. The minimum absolute atomic E-state index is 0.00155. The Hall–Kier alpha value is -4.05. The van der Waals surface area contributed by atoms with Crippen molar-refractivity contribution in [2.24, 2.45) is 0 Å². The molecule has 252 valence electrons. The van der Waals surface area contributed by atoms with Gasteiger partial charge in [-0.15, -0.1) is 0 Å². The molecular weight excluding hydrogens is 669 g/mol. The van der Waals surface area contributed by atoms with Gasteiger partial charge in [0, 0.05) is 29.1 Å². The minimum atomic E-state index is -4.31. The molecule has 0 heterocycles. The van der Waals surface area contributed by atoms with Crippen LogP contribution in [0.5, 0.6) is 5.75 Å². The molecule has 4 aromatic rings. The van der Waals surface area contributed by atoms with Gasteiger partial charge in [0.15, 0.2) is 0 Å². The number of sulfonamides is 1. The molecule has 0 aromatic heterocycles. The Morgan fingerprint density at radius 2 is 1.48 bits per heavy atom. The van der Waals surface area contributed by atoms with Gasteiger partial charge in [-0.05, 0) is 66.4 Å². The molecule has 0 aliphatic heterocycles. The Kier molecular flexibility index (Phi) is 12.0. The lowest BCUT2D eigenvalue weighted by molar-refractivity contribution is -0.140. The number of benzene rings is 4. The summed E-state index contributed by atoms with van der Waals surface area (Å²) in [5.74, 6) is -0.667. The van der Waals surface area contributed by atoms with Crippen molar-refractivity contribution in [2.75, 3.05) is 18.0 Å². The van der Waals surface area contributed by atoms with E-state index in [2.05, 4.69) is 5.32 Å². The normalized spacial score (nSPS) is 14.1. The lowest BCUT2D eigenvalue weighted by Crippen LogP contribution is -2.55. The van der Waals surface area contributed by atoms with E-state index in [-0.39, 0.29) is 46.3 Å². The van der Waals surface area contributed by atoms with Crippen molar-refractivity contribution in [3.63, 3.8) is 0 Å². The zero-order chi connectivity index (χ0) is 34.1. The Morgan fingerprint density at radius 3 is 2.15 bits per heavy atom. The maximum atomic E-state index is 14.7. The van der Waals surface area contributed by atoms with Crippen molar-refractivity contribution in [3.05, 3.63) is 124 Å². The van der Waals surface area contributed by atoms with E-state index in [0.717, 1.165) is 42.0 Å². The standard InChI is InChI=1S/C37H39Cl2N3O5S/c1-47-35-21-20-30(39)24-33(35)42(48(45,46)32-18-9-4-10-19-32)26-36(43)41(25-28-14-11-15-29(38)22-28)34(23-27-12-5-2-6-13-27)37(44)40-31-16-7-3-8-17-31/h2,4-6,9-15,18-22,24,31,34H,3,7-8,16-17,23,25-26H2,1H3,(H,40,44). The second-order valence-corrected chi connectivity index (χ2v) is 14.6. The van der Waals surface area contributed by atoms with Crippen LogP contribution in [0.2, 0.25) is 10.0 Å². The lowest BCUT2D eigenvalue weighted by Gasteiger charge is -2.35. The van der Waals surface area contributed by atoms with Gasteiger partial charge in [-0.1, -0.05) is 103 Å². The van der Waals surface area contributed by atoms with E-state index in [9.17, 15) is 18.0 Å². The smallest absolute Gasteiger partial charge is 0.264 e. The fraction of sp³-hybridized carbons (Fsp3) is 0.297. The average Bonchev–Trinajstić information content (AvgIpc) is 3.09. The summed E-state index contributed by atoms with van der Waals surface area (Å²) in [6.45, 7) is -0.614. The summed E-state index contributed by atoms with van der Waals surface area (Å²) in [4.78, 5) is 30.4. The first-order chi connectivity index (χ1) is 23.2. The van der Waals surface area contributed by atoms with E-state index >= 15 is 0 Å². The predicted octanol–water partition coefficient (Wildman–Crippen LogP) is 7.29. The van der Waals surface area contributed by atoms with Crippen LogP contribution in [0.1, 0.15) is 43.2 Å². The zero-order valence-corrected chi connectivity index (χ0v) is 29.1. The van der Waals surface area contributed by atoms with Crippen LogP contribution in [0.4, 0.5) is 5.69 Å². The van der Waals surface area contributed by atoms with Gasteiger partial charge >= 0.3 is 0 Å². The summed E-state index contributed by atoms with van der Waals surface area (Å²) >= 11 is 12.7. The number of carbonyl (C=O) groups excluding carboxylic acids is 2. The quantitative estimate of drug-likeness (QED) is 0.158. The number of nitrogens with zero attached hydrogens (tertiary/aromatic N) is 2. The Morgan fingerprint density at radius 1 is 0.833 bits per heavy atom. The molecule has 0 bridgehead atoms. The highest BCUT2D eigenvalue weighted by Crippen LogP contribution is 2.35. The van der Waals surface area contributed by atoms with Crippen molar-refractivity contribution in [1.82, 2.24) is 10.2 Å². The summed E-state index contributed by atoms with van der Waals surface area (Å²) in [6.07, 6.45) is 5.11. The van der Waals surface area contributed by atoms with Gasteiger partial charge in [0.2, 0.25) is 11.8 Å².